The van der Waals surface area contributed by atoms with E-state index in [0.29, 0.717) is 24.2 Å². The molecule has 9 heteroatoms. The molecule has 1 aliphatic heterocycles. The number of rotatable bonds is 4. The van der Waals surface area contributed by atoms with E-state index in [1.807, 2.05) is 13.0 Å². The molecule has 0 saturated carbocycles. The van der Waals surface area contributed by atoms with Crippen molar-refractivity contribution in [2.24, 2.45) is 0 Å². The van der Waals surface area contributed by atoms with Gasteiger partial charge in [-0.05, 0) is 43.5 Å². The van der Waals surface area contributed by atoms with Crippen LogP contribution in [0.5, 0.6) is 0 Å². The first-order valence-corrected chi connectivity index (χ1v) is 10.7. The third-order valence-corrected chi connectivity index (χ3v) is 5.91. The summed E-state index contributed by atoms with van der Waals surface area (Å²) in [5, 5.41) is 2.54. The summed E-state index contributed by atoms with van der Waals surface area (Å²) >= 11 is 0. The van der Waals surface area contributed by atoms with Gasteiger partial charge in [0.15, 0.2) is 5.70 Å². The summed E-state index contributed by atoms with van der Waals surface area (Å²) in [4.78, 5) is 49.7. The summed E-state index contributed by atoms with van der Waals surface area (Å²) in [6.45, 7) is 11.0. The average Bonchev–Trinajstić information content (AvgIpc) is 3.27. The van der Waals surface area contributed by atoms with Gasteiger partial charge in [0.25, 0.3) is 11.7 Å². The molecule has 0 spiro atoms. The fourth-order valence-electron chi connectivity index (χ4n) is 4.34. The second-order valence-corrected chi connectivity index (χ2v) is 8.16. The van der Waals surface area contributed by atoms with E-state index < -0.39 is 17.5 Å². The first-order valence-electron chi connectivity index (χ1n) is 10.7. The second kappa shape index (κ2) is 9.27. The molecule has 2 aromatic heterocycles. The molecule has 2 N–H and O–H groups in total. The van der Waals surface area contributed by atoms with Crippen LogP contribution in [0.25, 0.3) is 21.4 Å². The molecule has 3 heterocycles. The maximum absolute atomic E-state index is 14.6. The van der Waals surface area contributed by atoms with Crippen LogP contribution in [0.3, 0.4) is 0 Å². The van der Waals surface area contributed by atoms with Crippen LogP contribution in [0, 0.1) is 12.4 Å². The third kappa shape index (κ3) is 4.18. The summed E-state index contributed by atoms with van der Waals surface area (Å²) < 4.78 is 14.6. The van der Waals surface area contributed by atoms with Gasteiger partial charge in [-0.15, -0.1) is 0 Å². The molecule has 4 rings (SSSR count). The number of halogens is 1. The highest BCUT2D eigenvalue weighted by Gasteiger charge is 2.33. The number of nitrogens with one attached hydrogen (secondary N) is 2. The van der Waals surface area contributed by atoms with Crippen LogP contribution in [-0.2, 0) is 9.59 Å². The number of benzene rings is 1. The van der Waals surface area contributed by atoms with Crippen LogP contribution < -0.4 is 5.32 Å². The summed E-state index contributed by atoms with van der Waals surface area (Å²) in [6.07, 6.45) is 5.45. The Bertz CT molecular complexity index is 1370. The number of carbonyl (C=O) groups excluding carboxylic acids is 3. The highest BCUT2D eigenvalue weighted by atomic mass is 19.1. The maximum atomic E-state index is 14.6. The lowest BCUT2D eigenvalue weighted by Crippen LogP contribution is -2.46. The lowest BCUT2D eigenvalue weighted by molar-refractivity contribution is -0.128. The minimum Gasteiger partial charge on any atom is -0.359 e. The summed E-state index contributed by atoms with van der Waals surface area (Å²) in [5.74, 6) is -2.58. The Morgan fingerprint density at radius 2 is 2.09 bits per heavy atom. The van der Waals surface area contributed by atoms with Gasteiger partial charge < -0.3 is 15.2 Å². The molecule has 1 aromatic carbocycles. The number of anilines is 1. The number of nitrogens with zero attached hydrogens (tertiary/aromatic N) is 3. The fraction of sp³-hybridized carbons (Fsp3) is 0.240. The quantitative estimate of drug-likeness (QED) is 0.347. The van der Waals surface area contributed by atoms with E-state index in [-0.39, 0.29) is 35.0 Å². The number of amides is 2. The van der Waals surface area contributed by atoms with Crippen molar-refractivity contribution in [2.75, 3.05) is 11.9 Å². The molecule has 1 atom stereocenters. The molecule has 1 saturated heterocycles. The topological polar surface area (TPSA) is 99.5 Å². The second-order valence-electron chi connectivity index (χ2n) is 8.16. The zero-order chi connectivity index (χ0) is 24.4. The average molecular weight is 459 g/mol. The van der Waals surface area contributed by atoms with Crippen molar-refractivity contribution in [2.45, 2.75) is 32.7 Å². The monoisotopic (exact) mass is 459 g/mol. The van der Waals surface area contributed by atoms with E-state index in [9.17, 15) is 18.8 Å². The Hall–Kier alpha value is -4.32. The van der Waals surface area contributed by atoms with Crippen molar-refractivity contribution in [1.82, 2.24) is 14.9 Å². The highest BCUT2D eigenvalue weighted by molar-refractivity contribution is 6.45. The van der Waals surface area contributed by atoms with E-state index in [4.69, 9.17) is 6.57 Å². The molecule has 8 nitrogen and oxygen atoms in total. The normalized spacial score (nSPS) is 17.2. The van der Waals surface area contributed by atoms with Crippen LogP contribution in [0.2, 0.25) is 0 Å². The third-order valence-electron chi connectivity index (χ3n) is 5.91. The zero-order valence-corrected chi connectivity index (χ0v) is 18.7. The van der Waals surface area contributed by atoms with Gasteiger partial charge in [0.2, 0.25) is 5.91 Å². The van der Waals surface area contributed by atoms with E-state index in [1.54, 1.807) is 18.5 Å². The number of ketones is 1. The van der Waals surface area contributed by atoms with Crippen molar-refractivity contribution >= 4 is 39.9 Å². The van der Waals surface area contributed by atoms with Gasteiger partial charge in [-0.1, -0.05) is 11.6 Å². The minimum absolute atomic E-state index is 0.0401. The standard InChI is InChI=1S/C25H22FN5O3/c1-14-11-16(22(27-3)17-5-4-9-28-12-17)8-10-31(14)25(34)24(33)18-13-29-23-20(30-15(2)32)7-6-19(26)21(18)23/h4-7,9,12-14,29H,8,10-11H2,1-2H3,(H,30,32)/b22-16+. The lowest BCUT2D eigenvalue weighted by atomic mass is 9.93. The molecular weight excluding hydrogens is 437 g/mol. The van der Waals surface area contributed by atoms with Crippen LogP contribution >= 0.6 is 0 Å². The number of hydrogen-bond donors (Lipinski definition) is 2. The molecule has 2 amide bonds. The van der Waals surface area contributed by atoms with Crippen molar-refractivity contribution in [1.29, 1.82) is 0 Å². The first kappa shape index (κ1) is 22.9. The zero-order valence-electron chi connectivity index (χ0n) is 18.7. The minimum atomic E-state index is -0.831. The number of aromatic amines is 1. The van der Waals surface area contributed by atoms with Crippen LogP contribution in [0.15, 0.2) is 48.4 Å². The van der Waals surface area contributed by atoms with E-state index >= 15 is 0 Å². The molecule has 172 valence electrons. The van der Waals surface area contributed by atoms with Crippen molar-refractivity contribution in [3.63, 3.8) is 0 Å². The summed E-state index contributed by atoms with van der Waals surface area (Å²) in [5.41, 5.74) is 2.61. The Morgan fingerprint density at radius 1 is 1.29 bits per heavy atom. The van der Waals surface area contributed by atoms with Crippen molar-refractivity contribution in [3.8, 4) is 0 Å². The molecule has 1 aliphatic rings. The number of fused-ring (bicyclic) bond motifs is 1. The number of aromatic nitrogens is 2. The Balaban J connectivity index is 1.59. The summed E-state index contributed by atoms with van der Waals surface area (Å²) in [7, 11) is 0. The SMILES string of the molecule is [C-]#[N+]/C(=C1\CCN(C(=O)C(=O)c2c[nH]c3c(NC(C)=O)ccc(F)c23)C(C)C1)c1cccnc1. The van der Waals surface area contributed by atoms with Gasteiger partial charge >= 0.3 is 0 Å². The van der Waals surface area contributed by atoms with Gasteiger partial charge in [-0.2, -0.15) is 0 Å². The van der Waals surface area contributed by atoms with E-state index in [1.165, 1.54) is 24.1 Å². The van der Waals surface area contributed by atoms with Gasteiger partial charge in [-0.3, -0.25) is 19.4 Å². The molecule has 34 heavy (non-hydrogen) atoms. The molecule has 1 fully saturated rings. The number of piperidine rings is 1. The highest BCUT2D eigenvalue weighted by Crippen LogP contribution is 2.32. The Labute approximate surface area is 195 Å². The Kier molecular flexibility index (Phi) is 6.23. The molecule has 1 unspecified atom stereocenters. The van der Waals surface area contributed by atoms with E-state index in [0.717, 1.165) is 17.2 Å². The fourth-order valence-corrected chi connectivity index (χ4v) is 4.34. The number of pyridine rings is 1. The van der Waals surface area contributed by atoms with Gasteiger partial charge in [-0.25, -0.2) is 9.24 Å². The molecule has 3 aromatic rings. The van der Waals surface area contributed by atoms with E-state index in [2.05, 4.69) is 20.1 Å². The van der Waals surface area contributed by atoms with Crippen LogP contribution in [0.4, 0.5) is 10.1 Å². The molecular formula is C25H22FN5O3. The number of likely N-dealkylation sites (tertiary alicyclic amines) is 1. The van der Waals surface area contributed by atoms with Crippen LogP contribution in [-0.4, -0.2) is 45.1 Å². The number of hydrogen-bond acceptors (Lipinski definition) is 4. The van der Waals surface area contributed by atoms with Gasteiger partial charge in [0.1, 0.15) is 5.82 Å². The smallest absolute Gasteiger partial charge is 0.295 e. The first-order chi connectivity index (χ1) is 16.3. The summed E-state index contributed by atoms with van der Waals surface area (Å²) in [6, 6.07) is 5.80. The number of carbonyl (C=O) groups is 3. The number of Topliss-reactive ketones (excluding diaryl/α,β-unsaturated/α-hetero) is 1. The lowest BCUT2D eigenvalue weighted by Gasteiger charge is -2.35. The van der Waals surface area contributed by atoms with Crippen molar-refractivity contribution in [3.05, 3.63) is 76.8 Å². The molecule has 0 radical (unpaired) electrons. The Morgan fingerprint density at radius 3 is 2.74 bits per heavy atom. The van der Waals surface area contributed by atoms with Gasteiger partial charge in [0, 0.05) is 43.5 Å². The largest absolute Gasteiger partial charge is 0.359 e. The molecule has 0 aliphatic carbocycles. The predicted molar refractivity (Wildman–Crippen MR) is 125 cm³/mol. The predicted octanol–water partition coefficient (Wildman–Crippen LogP) is 4.18. The van der Waals surface area contributed by atoms with Crippen molar-refractivity contribution < 1.29 is 18.8 Å². The maximum Gasteiger partial charge on any atom is 0.295 e. The molecule has 0 bridgehead atoms. The van der Waals surface area contributed by atoms with Crippen LogP contribution in [0.1, 0.15) is 42.6 Å². The van der Waals surface area contributed by atoms with Gasteiger partial charge in [0.05, 0.1) is 23.3 Å². The number of H-pyrrole nitrogens is 1.